The van der Waals surface area contributed by atoms with Crippen LogP contribution in [-0.2, 0) is 9.59 Å². The molecule has 7 heteroatoms. The number of carbonyl (C=O) groups excluding carboxylic acids is 2. The number of halogens is 1. The minimum absolute atomic E-state index is 0.107. The van der Waals surface area contributed by atoms with Crippen molar-refractivity contribution in [2.24, 2.45) is 0 Å². The second kappa shape index (κ2) is 6.80. The molecule has 2 aromatic carbocycles. The smallest absolute Gasteiger partial charge is 0.266 e. The van der Waals surface area contributed by atoms with E-state index in [0.29, 0.717) is 27.9 Å². The lowest BCUT2D eigenvalue weighted by atomic mass is 10.1. The van der Waals surface area contributed by atoms with Crippen LogP contribution in [0, 0.1) is 0 Å². The van der Waals surface area contributed by atoms with Gasteiger partial charge < -0.3 is 20.1 Å². The number of hydrogen-bond acceptors (Lipinski definition) is 4. The summed E-state index contributed by atoms with van der Waals surface area (Å²) in [4.78, 5) is 24.2. The number of benzene rings is 2. The predicted octanol–water partition coefficient (Wildman–Crippen LogP) is 3.08. The molecule has 1 aliphatic heterocycles. The number of nitrogens with one attached hydrogen (secondary N) is 2. The van der Waals surface area contributed by atoms with E-state index in [1.807, 2.05) is 0 Å². The van der Waals surface area contributed by atoms with Gasteiger partial charge >= 0.3 is 0 Å². The first kappa shape index (κ1) is 16.1. The summed E-state index contributed by atoms with van der Waals surface area (Å²) in [5.74, 6) is 0.357. The highest BCUT2D eigenvalue weighted by Gasteiger charge is 2.29. The molecule has 0 bridgehead atoms. The Morgan fingerprint density at radius 3 is 2.88 bits per heavy atom. The number of para-hydroxylation sites is 2. The van der Waals surface area contributed by atoms with E-state index in [9.17, 15) is 9.59 Å². The summed E-state index contributed by atoms with van der Waals surface area (Å²) in [5.41, 5.74) is 1.11. The van der Waals surface area contributed by atoms with Crippen molar-refractivity contribution in [2.45, 2.75) is 12.5 Å². The maximum absolute atomic E-state index is 12.2. The van der Waals surface area contributed by atoms with Gasteiger partial charge in [-0.25, -0.2) is 0 Å². The lowest BCUT2D eigenvalue weighted by Gasteiger charge is -2.25. The molecular weight excluding hydrogens is 332 g/mol. The average Bonchev–Trinajstić information content (AvgIpc) is 2.55. The molecule has 0 fully saturated rings. The van der Waals surface area contributed by atoms with Gasteiger partial charge in [0.25, 0.3) is 5.91 Å². The Hall–Kier alpha value is -2.73. The van der Waals surface area contributed by atoms with Gasteiger partial charge in [0.1, 0.15) is 11.5 Å². The summed E-state index contributed by atoms with van der Waals surface area (Å²) < 4.78 is 10.7. The van der Waals surface area contributed by atoms with Crippen molar-refractivity contribution in [2.75, 3.05) is 17.7 Å². The minimum atomic E-state index is -0.881. The molecule has 1 atom stereocenters. The molecule has 3 rings (SSSR count). The van der Waals surface area contributed by atoms with Crippen molar-refractivity contribution in [3.63, 3.8) is 0 Å². The number of carbonyl (C=O) groups is 2. The van der Waals surface area contributed by atoms with E-state index in [0.717, 1.165) is 0 Å². The van der Waals surface area contributed by atoms with Gasteiger partial charge in [0, 0.05) is 5.69 Å². The molecule has 1 heterocycles. The summed E-state index contributed by atoms with van der Waals surface area (Å²) >= 11 is 6.02. The molecule has 6 nitrogen and oxygen atoms in total. The van der Waals surface area contributed by atoms with Crippen molar-refractivity contribution in [3.8, 4) is 11.5 Å². The molecule has 0 saturated carbocycles. The first-order valence-corrected chi connectivity index (χ1v) is 7.64. The molecule has 2 aromatic rings. The standard InChI is InChI=1S/C17H15ClN2O4/c1-23-13-7-6-10(8-11(13)18)19-16(21)9-15-17(22)20-12-4-2-3-5-14(12)24-15/h2-8,15H,9H2,1H3,(H,19,21)(H,20,22). The summed E-state index contributed by atoms with van der Waals surface area (Å²) in [6.07, 6.45) is -0.988. The van der Waals surface area contributed by atoms with Crippen LogP contribution in [0.15, 0.2) is 42.5 Å². The van der Waals surface area contributed by atoms with Crippen LogP contribution in [0.5, 0.6) is 11.5 Å². The largest absolute Gasteiger partial charge is 0.495 e. The average molecular weight is 347 g/mol. The molecule has 24 heavy (non-hydrogen) atoms. The topological polar surface area (TPSA) is 76.7 Å². The number of anilines is 2. The zero-order valence-electron chi connectivity index (χ0n) is 12.8. The molecule has 124 valence electrons. The molecule has 0 saturated heterocycles. The lowest BCUT2D eigenvalue weighted by Crippen LogP contribution is -2.39. The monoisotopic (exact) mass is 346 g/mol. The van der Waals surface area contributed by atoms with E-state index in [1.165, 1.54) is 7.11 Å². The number of fused-ring (bicyclic) bond motifs is 1. The lowest BCUT2D eigenvalue weighted by molar-refractivity contribution is -0.128. The Bertz CT molecular complexity index is 794. The van der Waals surface area contributed by atoms with E-state index in [2.05, 4.69) is 10.6 Å². The third-order valence-electron chi connectivity index (χ3n) is 3.51. The molecule has 0 radical (unpaired) electrons. The highest BCUT2D eigenvalue weighted by molar-refractivity contribution is 6.32. The first-order chi connectivity index (χ1) is 11.6. The van der Waals surface area contributed by atoms with Crippen LogP contribution in [0.3, 0.4) is 0 Å². The number of hydrogen-bond donors (Lipinski definition) is 2. The van der Waals surface area contributed by atoms with Crippen LogP contribution in [0.25, 0.3) is 0 Å². The van der Waals surface area contributed by atoms with Crippen LogP contribution in [0.1, 0.15) is 6.42 Å². The Morgan fingerprint density at radius 2 is 2.12 bits per heavy atom. The van der Waals surface area contributed by atoms with E-state index in [-0.39, 0.29) is 18.2 Å². The van der Waals surface area contributed by atoms with Crippen LogP contribution < -0.4 is 20.1 Å². The Balaban J connectivity index is 1.65. The second-order valence-corrected chi connectivity index (χ2v) is 5.60. The third kappa shape index (κ3) is 3.44. The second-order valence-electron chi connectivity index (χ2n) is 5.19. The fourth-order valence-corrected chi connectivity index (χ4v) is 2.61. The molecule has 0 spiro atoms. The normalized spacial score (nSPS) is 15.8. The van der Waals surface area contributed by atoms with Gasteiger partial charge in [0.15, 0.2) is 6.10 Å². The fraction of sp³-hybridized carbons (Fsp3) is 0.176. The zero-order chi connectivity index (χ0) is 17.1. The van der Waals surface area contributed by atoms with Crippen LogP contribution >= 0.6 is 11.6 Å². The maximum atomic E-state index is 12.2. The van der Waals surface area contributed by atoms with E-state index >= 15 is 0 Å². The molecule has 0 aliphatic carbocycles. The summed E-state index contributed by atoms with van der Waals surface area (Å²) in [7, 11) is 1.51. The van der Waals surface area contributed by atoms with Gasteiger partial charge in [-0.15, -0.1) is 0 Å². The molecule has 2 amide bonds. The molecule has 2 N–H and O–H groups in total. The maximum Gasteiger partial charge on any atom is 0.266 e. The number of rotatable bonds is 4. The van der Waals surface area contributed by atoms with Crippen LogP contribution in [-0.4, -0.2) is 25.0 Å². The van der Waals surface area contributed by atoms with Crippen LogP contribution in [0.4, 0.5) is 11.4 Å². The number of ether oxygens (including phenoxy) is 2. The molecular formula is C17H15ClN2O4. The molecule has 1 unspecified atom stereocenters. The summed E-state index contributed by atoms with van der Waals surface area (Å²) in [6, 6.07) is 12.0. The number of amides is 2. The fourth-order valence-electron chi connectivity index (χ4n) is 2.35. The molecule has 0 aromatic heterocycles. The summed E-state index contributed by atoms with van der Waals surface area (Å²) in [5, 5.41) is 5.79. The van der Waals surface area contributed by atoms with Gasteiger partial charge in [0.2, 0.25) is 5.91 Å². The number of methoxy groups -OCH3 is 1. The van der Waals surface area contributed by atoms with Gasteiger partial charge in [-0.1, -0.05) is 23.7 Å². The van der Waals surface area contributed by atoms with E-state index in [4.69, 9.17) is 21.1 Å². The SMILES string of the molecule is COc1ccc(NC(=O)CC2Oc3ccccc3NC2=O)cc1Cl. The Kier molecular flexibility index (Phi) is 4.57. The van der Waals surface area contributed by atoms with E-state index in [1.54, 1.807) is 42.5 Å². The highest BCUT2D eigenvalue weighted by atomic mass is 35.5. The first-order valence-electron chi connectivity index (χ1n) is 7.27. The highest BCUT2D eigenvalue weighted by Crippen LogP contribution is 2.30. The van der Waals surface area contributed by atoms with Crippen molar-refractivity contribution in [1.82, 2.24) is 0 Å². The van der Waals surface area contributed by atoms with Crippen molar-refractivity contribution < 1.29 is 19.1 Å². The Labute approximate surface area is 143 Å². The van der Waals surface area contributed by atoms with Crippen molar-refractivity contribution in [3.05, 3.63) is 47.5 Å². The predicted molar refractivity (Wildman–Crippen MR) is 90.7 cm³/mol. The molecule has 1 aliphatic rings. The van der Waals surface area contributed by atoms with Gasteiger partial charge in [-0.3, -0.25) is 9.59 Å². The van der Waals surface area contributed by atoms with E-state index < -0.39 is 6.10 Å². The van der Waals surface area contributed by atoms with Crippen molar-refractivity contribution >= 4 is 34.8 Å². The third-order valence-corrected chi connectivity index (χ3v) is 3.81. The minimum Gasteiger partial charge on any atom is -0.495 e. The summed E-state index contributed by atoms with van der Waals surface area (Å²) in [6.45, 7) is 0. The Morgan fingerprint density at radius 1 is 1.33 bits per heavy atom. The van der Waals surface area contributed by atoms with Gasteiger partial charge in [-0.2, -0.15) is 0 Å². The van der Waals surface area contributed by atoms with Gasteiger partial charge in [0.05, 0.1) is 24.2 Å². The van der Waals surface area contributed by atoms with Gasteiger partial charge in [-0.05, 0) is 30.3 Å². The quantitative estimate of drug-likeness (QED) is 0.892. The van der Waals surface area contributed by atoms with Crippen LogP contribution in [0.2, 0.25) is 5.02 Å². The van der Waals surface area contributed by atoms with Crippen molar-refractivity contribution in [1.29, 1.82) is 0 Å². The zero-order valence-corrected chi connectivity index (χ0v) is 13.6.